The van der Waals surface area contributed by atoms with Crippen molar-refractivity contribution in [3.8, 4) is 17.0 Å². The van der Waals surface area contributed by atoms with Gasteiger partial charge in [-0.05, 0) is 48.2 Å². The molecule has 0 atom stereocenters. The second kappa shape index (κ2) is 8.18. The molecule has 1 aromatic heterocycles. The Morgan fingerprint density at radius 3 is 2.40 bits per heavy atom. The van der Waals surface area contributed by atoms with Crippen molar-refractivity contribution in [2.24, 2.45) is 10.1 Å². The van der Waals surface area contributed by atoms with Crippen LogP contribution in [0, 0.1) is 0 Å². The molecule has 0 N–H and O–H groups in total. The summed E-state index contributed by atoms with van der Waals surface area (Å²) < 4.78 is 7.10. The van der Waals surface area contributed by atoms with E-state index in [1.54, 1.807) is 37.3 Å². The van der Waals surface area contributed by atoms with E-state index in [9.17, 15) is 0 Å². The second-order valence-electron chi connectivity index (χ2n) is 5.19. The Labute approximate surface area is 155 Å². The minimum Gasteiger partial charge on any atom is -0.497 e. The first-order chi connectivity index (χ1) is 12.2. The maximum absolute atomic E-state index is 5.23. The zero-order valence-corrected chi connectivity index (χ0v) is 16.0. The molecule has 0 aliphatic rings. The highest BCUT2D eigenvalue weighted by Crippen LogP contribution is 2.23. The van der Waals surface area contributed by atoms with E-state index in [2.05, 4.69) is 46.0 Å². The van der Waals surface area contributed by atoms with Crippen molar-refractivity contribution >= 4 is 29.3 Å². The number of aromatic nitrogens is 1. The predicted octanol–water partition coefficient (Wildman–Crippen LogP) is 4.36. The van der Waals surface area contributed by atoms with E-state index in [1.165, 1.54) is 4.90 Å². The second-order valence-corrected chi connectivity index (χ2v) is 6.90. The van der Waals surface area contributed by atoms with E-state index in [0.717, 1.165) is 27.4 Å². The Kier molecular flexibility index (Phi) is 5.73. The number of hydrogen-bond acceptors (Lipinski definition) is 5. The molecule has 0 unspecified atom stereocenters. The average Bonchev–Trinajstić information content (AvgIpc) is 3.09. The number of thiazole rings is 1. The van der Waals surface area contributed by atoms with Gasteiger partial charge in [-0.3, -0.25) is 4.99 Å². The fourth-order valence-corrected chi connectivity index (χ4v) is 3.55. The first-order valence-electron chi connectivity index (χ1n) is 7.71. The van der Waals surface area contributed by atoms with E-state index >= 15 is 0 Å². The van der Waals surface area contributed by atoms with Gasteiger partial charge in [0.25, 0.3) is 0 Å². The van der Waals surface area contributed by atoms with E-state index < -0.39 is 0 Å². The number of ether oxygens (including phenoxy) is 1. The van der Waals surface area contributed by atoms with Crippen molar-refractivity contribution in [1.29, 1.82) is 0 Å². The van der Waals surface area contributed by atoms with Crippen LogP contribution in [-0.4, -0.2) is 31.3 Å². The molecule has 0 spiro atoms. The molecule has 0 saturated carbocycles. The van der Waals surface area contributed by atoms with Gasteiger partial charge >= 0.3 is 0 Å². The van der Waals surface area contributed by atoms with Gasteiger partial charge in [0.05, 0.1) is 19.0 Å². The normalized spacial score (nSPS) is 12.0. The number of rotatable bonds is 5. The van der Waals surface area contributed by atoms with Crippen molar-refractivity contribution in [2.75, 3.05) is 20.4 Å². The predicted molar refractivity (Wildman–Crippen MR) is 107 cm³/mol. The minimum atomic E-state index is 0.836. The van der Waals surface area contributed by atoms with Gasteiger partial charge in [0.15, 0.2) is 0 Å². The zero-order chi connectivity index (χ0) is 17.6. The van der Waals surface area contributed by atoms with Crippen LogP contribution in [0.25, 0.3) is 11.3 Å². The fourth-order valence-electron chi connectivity index (χ4n) is 2.34. The quantitative estimate of drug-likeness (QED) is 0.495. The van der Waals surface area contributed by atoms with Crippen molar-refractivity contribution < 1.29 is 4.74 Å². The molecule has 128 valence electrons. The molecule has 3 aromatic rings. The topological polar surface area (TPSA) is 38.9 Å². The van der Waals surface area contributed by atoms with Crippen LogP contribution in [0.15, 0.2) is 68.9 Å². The minimum absolute atomic E-state index is 0.836. The SMILES string of the molecule is CN=c1scc(-c2ccc(OC)cc2)n1N=Cc1ccc(SC)cc1. The molecule has 0 amide bonds. The monoisotopic (exact) mass is 369 g/mol. The van der Waals surface area contributed by atoms with E-state index in [-0.39, 0.29) is 0 Å². The third kappa shape index (κ3) is 4.03. The summed E-state index contributed by atoms with van der Waals surface area (Å²) in [5, 5.41) is 6.72. The van der Waals surface area contributed by atoms with Gasteiger partial charge in [-0.1, -0.05) is 12.1 Å². The van der Waals surface area contributed by atoms with Gasteiger partial charge in [0.2, 0.25) is 4.80 Å². The number of hydrogen-bond donors (Lipinski definition) is 0. The first kappa shape index (κ1) is 17.5. The Morgan fingerprint density at radius 1 is 1.08 bits per heavy atom. The molecule has 0 radical (unpaired) electrons. The van der Waals surface area contributed by atoms with Crippen LogP contribution in [0.4, 0.5) is 0 Å². The van der Waals surface area contributed by atoms with Crippen molar-refractivity contribution in [1.82, 2.24) is 4.68 Å². The largest absolute Gasteiger partial charge is 0.497 e. The van der Waals surface area contributed by atoms with Crippen LogP contribution < -0.4 is 9.54 Å². The first-order valence-corrected chi connectivity index (χ1v) is 9.82. The van der Waals surface area contributed by atoms with Crippen LogP contribution >= 0.6 is 23.1 Å². The van der Waals surface area contributed by atoms with Gasteiger partial charge in [0, 0.05) is 22.9 Å². The van der Waals surface area contributed by atoms with Gasteiger partial charge in [-0.2, -0.15) is 5.10 Å². The average molecular weight is 370 g/mol. The molecule has 0 bridgehead atoms. The lowest BCUT2D eigenvalue weighted by molar-refractivity contribution is 0.415. The van der Waals surface area contributed by atoms with Crippen LogP contribution in [-0.2, 0) is 0 Å². The number of thioether (sulfide) groups is 1. The lowest BCUT2D eigenvalue weighted by atomic mass is 10.2. The van der Waals surface area contributed by atoms with E-state index in [4.69, 9.17) is 4.74 Å². The van der Waals surface area contributed by atoms with Crippen molar-refractivity contribution in [2.45, 2.75) is 4.90 Å². The lowest BCUT2D eigenvalue weighted by Crippen LogP contribution is -2.11. The number of methoxy groups -OCH3 is 1. The maximum atomic E-state index is 5.23. The van der Waals surface area contributed by atoms with Gasteiger partial charge in [-0.25, -0.2) is 4.68 Å². The molecule has 6 heteroatoms. The van der Waals surface area contributed by atoms with Gasteiger partial charge in [0.1, 0.15) is 5.75 Å². The molecule has 3 rings (SSSR count). The Balaban J connectivity index is 1.96. The summed E-state index contributed by atoms with van der Waals surface area (Å²) >= 11 is 3.30. The smallest absolute Gasteiger partial charge is 0.205 e. The molecule has 1 heterocycles. The molecule has 25 heavy (non-hydrogen) atoms. The van der Waals surface area contributed by atoms with Crippen LogP contribution in [0.1, 0.15) is 5.56 Å². The van der Waals surface area contributed by atoms with Crippen molar-refractivity contribution in [3.05, 3.63) is 64.3 Å². The third-order valence-electron chi connectivity index (χ3n) is 3.70. The number of benzene rings is 2. The fraction of sp³-hybridized carbons (Fsp3) is 0.158. The summed E-state index contributed by atoms with van der Waals surface area (Å²) in [6.45, 7) is 0. The Morgan fingerprint density at radius 2 is 1.80 bits per heavy atom. The molecule has 0 aliphatic heterocycles. The lowest BCUT2D eigenvalue weighted by Gasteiger charge is -2.05. The van der Waals surface area contributed by atoms with Crippen LogP contribution in [0.5, 0.6) is 5.75 Å². The van der Waals surface area contributed by atoms with Crippen LogP contribution in [0.3, 0.4) is 0 Å². The summed E-state index contributed by atoms with van der Waals surface area (Å²) in [6.07, 6.45) is 3.93. The zero-order valence-electron chi connectivity index (χ0n) is 14.3. The highest BCUT2D eigenvalue weighted by atomic mass is 32.2. The molecule has 2 aromatic carbocycles. The van der Waals surface area contributed by atoms with Crippen molar-refractivity contribution in [3.63, 3.8) is 0 Å². The van der Waals surface area contributed by atoms with E-state index in [0.29, 0.717) is 0 Å². The molecule has 0 aliphatic carbocycles. The standard InChI is InChI=1S/C19H19N3OS2/c1-20-19-22(21-12-14-4-10-17(24-3)11-5-14)18(13-25-19)15-6-8-16(23-2)9-7-15/h4-13H,1-3H3. The Bertz CT molecular complexity index is 923. The molecule has 4 nitrogen and oxygen atoms in total. The maximum Gasteiger partial charge on any atom is 0.205 e. The van der Waals surface area contributed by atoms with E-state index in [1.807, 2.05) is 35.2 Å². The molecule has 0 fully saturated rings. The third-order valence-corrected chi connectivity index (χ3v) is 5.35. The highest BCUT2D eigenvalue weighted by molar-refractivity contribution is 7.98. The summed E-state index contributed by atoms with van der Waals surface area (Å²) in [4.78, 5) is 6.42. The highest BCUT2D eigenvalue weighted by Gasteiger charge is 2.07. The summed E-state index contributed by atoms with van der Waals surface area (Å²) in [6, 6.07) is 16.3. The Hall–Kier alpha value is -2.31. The summed E-state index contributed by atoms with van der Waals surface area (Å²) in [7, 11) is 3.45. The van der Waals surface area contributed by atoms with Crippen LogP contribution in [0.2, 0.25) is 0 Å². The molecular weight excluding hydrogens is 350 g/mol. The number of nitrogens with zero attached hydrogens (tertiary/aromatic N) is 3. The molecular formula is C19H19N3OS2. The summed E-state index contributed by atoms with van der Waals surface area (Å²) in [5.41, 5.74) is 3.13. The van der Waals surface area contributed by atoms with Gasteiger partial charge in [-0.15, -0.1) is 23.1 Å². The summed E-state index contributed by atoms with van der Waals surface area (Å²) in [5.74, 6) is 0.836. The molecule has 0 saturated heterocycles. The van der Waals surface area contributed by atoms with Gasteiger partial charge < -0.3 is 4.74 Å².